The maximum atomic E-state index is 12.3. The lowest BCUT2D eigenvalue weighted by molar-refractivity contribution is 0.128. The van der Waals surface area contributed by atoms with Gasteiger partial charge in [0.1, 0.15) is 0 Å². The summed E-state index contributed by atoms with van der Waals surface area (Å²) in [7, 11) is 0. The van der Waals surface area contributed by atoms with Crippen molar-refractivity contribution in [2.75, 3.05) is 26.2 Å². The molecule has 0 aromatic carbocycles. The van der Waals surface area contributed by atoms with Crippen LogP contribution in [0.5, 0.6) is 0 Å². The van der Waals surface area contributed by atoms with Gasteiger partial charge in [-0.3, -0.25) is 4.98 Å². The minimum Gasteiger partial charge on any atom is -0.336 e. The summed E-state index contributed by atoms with van der Waals surface area (Å²) in [5.41, 5.74) is 1.15. The highest BCUT2D eigenvalue weighted by Crippen LogP contribution is 2.14. The van der Waals surface area contributed by atoms with Crippen LogP contribution >= 0.6 is 0 Å². The number of hydrogen-bond acceptors (Lipinski definition) is 3. The number of nitrogens with zero attached hydrogens (tertiary/aromatic N) is 3. The van der Waals surface area contributed by atoms with Crippen LogP contribution in [0.2, 0.25) is 0 Å². The Morgan fingerprint density at radius 3 is 3.00 bits per heavy atom. The van der Waals surface area contributed by atoms with Crippen molar-refractivity contribution in [3.05, 3.63) is 30.1 Å². The fourth-order valence-corrected chi connectivity index (χ4v) is 3.01. The molecule has 1 aromatic rings. The normalized spacial score (nSPS) is 22.0. The van der Waals surface area contributed by atoms with Crippen molar-refractivity contribution in [2.45, 2.75) is 25.4 Å². The highest BCUT2D eigenvalue weighted by Gasteiger charge is 2.36. The molecule has 2 aliphatic heterocycles. The third-order valence-corrected chi connectivity index (χ3v) is 4.18. The summed E-state index contributed by atoms with van der Waals surface area (Å²) in [6, 6.07) is 3.99. The first-order valence-electron chi connectivity index (χ1n) is 7.62. The number of hydrogen-bond donors (Lipinski definition) is 2. The Morgan fingerprint density at radius 1 is 1.45 bits per heavy atom. The van der Waals surface area contributed by atoms with Gasteiger partial charge in [-0.05, 0) is 31.0 Å². The zero-order valence-corrected chi connectivity index (χ0v) is 12.7. The molecule has 0 saturated carbocycles. The van der Waals surface area contributed by atoms with Gasteiger partial charge in [0, 0.05) is 44.6 Å². The Hall–Kier alpha value is -2.31. The molecule has 0 radical (unpaired) electrons. The van der Waals surface area contributed by atoms with E-state index >= 15 is 0 Å². The Kier molecular flexibility index (Phi) is 4.13. The predicted octanol–water partition coefficient (Wildman–Crippen LogP) is 0.432. The number of carbonyl (C=O) groups is 2. The van der Waals surface area contributed by atoms with Crippen molar-refractivity contribution in [1.29, 1.82) is 0 Å². The molecule has 2 unspecified atom stereocenters. The van der Waals surface area contributed by atoms with E-state index in [1.165, 1.54) is 0 Å². The molecule has 0 bridgehead atoms. The van der Waals surface area contributed by atoms with Crippen molar-refractivity contribution in [1.82, 2.24) is 25.4 Å². The quantitative estimate of drug-likeness (QED) is 0.850. The van der Waals surface area contributed by atoms with Crippen LogP contribution in [0, 0.1) is 0 Å². The molecule has 3 rings (SSSR count). The second-order valence-corrected chi connectivity index (χ2v) is 5.89. The van der Waals surface area contributed by atoms with Gasteiger partial charge in [-0.15, -0.1) is 0 Å². The number of amides is 4. The second kappa shape index (κ2) is 6.21. The number of urea groups is 2. The van der Waals surface area contributed by atoms with Crippen molar-refractivity contribution in [3.8, 4) is 0 Å². The van der Waals surface area contributed by atoms with Crippen molar-refractivity contribution < 1.29 is 9.59 Å². The highest BCUT2D eigenvalue weighted by atomic mass is 16.2. The number of nitrogens with one attached hydrogen (secondary N) is 2. The van der Waals surface area contributed by atoms with E-state index in [2.05, 4.69) is 15.6 Å². The van der Waals surface area contributed by atoms with E-state index in [4.69, 9.17) is 0 Å². The van der Waals surface area contributed by atoms with E-state index < -0.39 is 0 Å². The standard InChI is InChI=1S/C15H21N5O2/c1-11(8-12-2-4-16-5-3-12)18-15(22)19-6-7-20-13(10-19)9-17-14(20)21/h2-5,11,13H,6-10H2,1H3,(H,17,21)(H,18,22). The third kappa shape index (κ3) is 3.13. The second-order valence-electron chi connectivity index (χ2n) is 5.89. The van der Waals surface area contributed by atoms with Crippen LogP contribution in [0.15, 0.2) is 24.5 Å². The van der Waals surface area contributed by atoms with E-state index in [1.54, 1.807) is 17.3 Å². The average molecular weight is 303 g/mol. The number of carbonyl (C=O) groups excluding carboxylic acids is 2. The molecule has 0 spiro atoms. The molecule has 0 aliphatic carbocycles. The zero-order chi connectivity index (χ0) is 15.5. The number of rotatable bonds is 3. The average Bonchev–Trinajstić information content (AvgIpc) is 2.89. The fourth-order valence-electron chi connectivity index (χ4n) is 3.01. The van der Waals surface area contributed by atoms with Gasteiger partial charge in [-0.25, -0.2) is 9.59 Å². The molecule has 2 fully saturated rings. The molecule has 2 atom stereocenters. The first-order valence-corrected chi connectivity index (χ1v) is 7.62. The lowest BCUT2D eigenvalue weighted by atomic mass is 10.1. The van der Waals surface area contributed by atoms with E-state index in [9.17, 15) is 9.59 Å². The van der Waals surface area contributed by atoms with Crippen LogP contribution in [0.3, 0.4) is 0 Å². The third-order valence-electron chi connectivity index (χ3n) is 4.18. The van der Waals surface area contributed by atoms with Crippen LogP contribution in [-0.4, -0.2) is 65.1 Å². The van der Waals surface area contributed by atoms with Gasteiger partial charge >= 0.3 is 12.1 Å². The minimum atomic E-state index is -0.0550. The molecule has 7 nitrogen and oxygen atoms in total. The Labute approximate surface area is 129 Å². The summed E-state index contributed by atoms with van der Waals surface area (Å²) in [6.07, 6.45) is 4.29. The Morgan fingerprint density at radius 2 is 2.23 bits per heavy atom. The van der Waals surface area contributed by atoms with Gasteiger partial charge in [0.25, 0.3) is 0 Å². The van der Waals surface area contributed by atoms with Crippen molar-refractivity contribution >= 4 is 12.1 Å². The fraction of sp³-hybridized carbons (Fsp3) is 0.533. The van der Waals surface area contributed by atoms with Gasteiger partial charge in [-0.2, -0.15) is 0 Å². The molecule has 2 N–H and O–H groups in total. The largest absolute Gasteiger partial charge is 0.336 e. The number of pyridine rings is 1. The van der Waals surface area contributed by atoms with Crippen LogP contribution in [0.4, 0.5) is 9.59 Å². The molecular weight excluding hydrogens is 282 g/mol. The molecular formula is C15H21N5O2. The van der Waals surface area contributed by atoms with Crippen LogP contribution in [0.25, 0.3) is 0 Å². The lowest BCUT2D eigenvalue weighted by Crippen LogP contribution is -2.57. The number of piperazine rings is 1. The topological polar surface area (TPSA) is 77.6 Å². The van der Waals surface area contributed by atoms with Gasteiger partial charge in [-0.1, -0.05) is 0 Å². The maximum Gasteiger partial charge on any atom is 0.317 e. The van der Waals surface area contributed by atoms with Gasteiger partial charge in [0.05, 0.1) is 6.04 Å². The monoisotopic (exact) mass is 303 g/mol. The summed E-state index contributed by atoms with van der Waals surface area (Å²) < 4.78 is 0. The molecule has 1 aromatic heterocycles. The molecule has 22 heavy (non-hydrogen) atoms. The van der Waals surface area contributed by atoms with E-state index in [-0.39, 0.29) is 24.1 Å². The maximum absolute atomic E-state index is 12.3. The summed E-state index contributed by atoms with van der Waals surface area (Å²) >= 11 is 0. The predicted molar refractivity (Wildman–Crippen MR) is 81.4 cm³/mol. The molecule has 2 aliphatic rings. The van der Waals surface area contributed by atoms with E-state index in [1.807, 2.05) is 24.0 Å². The zero-order valence-electron chi connectivity index (χ0n) is 12.7. The smallest absolute Gasteiger partial charge is 0.317 e. The first-order chi connectivity index (χ1) is 10.6. The van der Waals surface area contributed by atoms with E-state index in [0.29, 0.717) is 26.2 Å². The van der Waals surface area contributed by atoms with Crippen LogP contribution < -0.4 is 10.6 Å². The van der Waals surface area contributed by atoms with E-state index in [0.717, 1.165) is 12.0 Å². The van der Waals surface area contributed by atoms with Crippen molar-refractivity contribution in [3.63, 3.8) is 0 Å². The van der Waals surface area contributed by atoms with Crippen molar-refractivity contribution in [2.24, 2.45) is 0 Å². The van der Waals surface area contributed by atoms with Gasteiger partial charge in [0.2, 0.25) is 0 Å². The van der Waals surface area contributed by atoms with Gasteiger partial charge in [0.15, 0.2) is 0 Å². The van der Waals surface area contributed by atoms with Crippen LogP contribution in [-0.2, 0) is 6.42 Å². The molecule has 3 heterocycles. The molecule has 4 amide bonds. The summed E-state index contributed by atoms with van der Waals surface area (Å²) in [6.45, 7) is 4.39. The molecule has 7 heteroatoms. The Balaban J connectivity index is 1.51. The first kappa shape index (κ1) is 14.6. The summed E-state index contributed by atoms with van der Waals surface area (Å²) in [5.74, 6) is 0. The SMILES string of the molecule is CC(Cc1ccncc1)NC(=O)N1CCN2C(=O)NCC2C1. The lowest BCUT2D eigenvalue weighted by Gasteiger charge is -2.36. The molecule has 118 valence electrons. The minimum absolute atomic E-state index is 0.0175. The Bertz CT molecular complexity index is 550. The van der Waals surface area contributed by atoms with Crippen LogP contribution in [0.1, 0.15) is 12.5 Å². The summed E-state index contributed by atoms with van der Waals surface area (Å²) in [4.78, 5) is 31.5. The number of fused-ring (bicyclic) bond motifs is 1. The van der Waals surface area contributed by atoms with Gasteiger partial charge < -0.3 is 20.4 Å². The summed E-state index contributed by atoms with van der Waals surface area (Å²) in [5, 5.41) is 5.85. The molecule has 2 saturated heterocycles. The number of aromatic nitrogens is 1. The highest BCUT2D eigenvalue weighted by molar-refractivity contribution is 5.78.